The van der Waals surface area contributed by atoms with Gasteiger partial charge in [-0.2, -0.15) is 0 Å². The number of hydrogen-bond acceptors (Lipinski definition) is 3. The molecule has 1 heterocycles. The molecule has 1 aliphatic heterocycles. The van der Waals surface area contributed by atoms with Crippen LogP contribution in [0.15, 0.2) is 0 Å². The highest BCUT2D eigenvalue weighted by Crippen LogP contribution is 2.06. The first kappa shape index (κ1) is 15.0. The molecule has 0 spiro atoms. The molecular formula is C13H24N2O3. The fourth-order valence-electron chi connectivity index (χ4n) is 1.78. The number of nitrogens with one attached hydrogen (secondary N) is 2. The molecule has 0 aromatic rings. The zero-order chi connectivity index (χ0) is 13.5. The van der Waals surface area contributed by atoms with Crippen molar-refractivity contribution in [2.45, 2.75) is 52.2 Å². The highest BCUT2D eigenvalue weighted by molar-refractivity contribution is 5.89. The van der Waals surface area contributed by atoms with Gasteiger partial charge in [-0.3, -0.25) is 9.59 Å². The smallest absolute Gasteiger partial charge is 0.249 e. The van der Waals surface area contributed by atoms with Crippen LogP contribution in [0.2, 0.25) is 0 Å². The quantitative estimate of drug-likeness (QED) is 0.765. The summed E-state index contributed by atoms with van der Waals surface area (Å²) in [5.74, 6) is 0.0936. The highest BCUT2D eigenvalue weighted by atomic mass is 16.5. The van der Waals surface area contributed by atoms with E-state index in [-0.39, 0.29) is 11.8 Å². The maximum Gasteiger partial charge on any atom is 0.249 e. The third kappa shape index (κ3) is 5.04. The van der Waals surface area contributed by atoms with Gasteiger partial charge in [-0.25, -0.2) is 0 Å². The molecule has 2 unspecified atom stereocenters. The van der Waals surface area contributed by atoms with Crippen molar-refractivity contribution in [3.63, 3.8) is 0 Å². The van der Waals surface area contributed by atoms with E-state index in [4.69, 9.17) is 4.74 Å². The Hall–Kier alpha value is -1.10. The maximum absolute atomic E-state index is 11.9. The van der Waals surface area contributed by atoms with E-state index in [1.807, 2.05) is 13.8 Å². The second kappa shape index (κ2) is 7.36. The summed E-state index contributed by atoms with van der Waals surface area (Å²) in [7, 11) is 0. The molecular weight excluding hydrogens is 232 g/mol. The average molecular weight is 256 g/mol. The van der Waals surface area contributed by atoms with Crippen LogP contribution < -0.4 is 10.6 Å². The Morgan fingerprint density at radius 3 is 2.83 bits per heavy atom. The molecule has 1 saturated heterocycles. The first-order chi connectivity index (χ1) is 8.50. The lowest BCUT2D eigenvalue weighted by Gasteiger charge is -2.19. The molecule has 0 aliphatic carbocycles. The van der Waals surface area contributed by atoms with Crippen molar-refractivity contribution in [2.24, 2.45) is 5.92 Å². The van der Waals surface area contributed by atoms with Gasteiger partial charge in [0.25, 0.3) is 0 Å². The Morgan fingerprint density at radius 1 is 1.44 bits per heavy atom. The lowest BCUT2D eigenvalue weighted by atomic mass is 10.1. The number of carbonyl (C=O) groups is 2. The number of ether oxygens (including phenoxy) is 1. The Labute approximate surface area is 109 Å². The molecule has 2 N–H and O–H groups in total. The molecule has 0 bridgehead atoms. The van der Waals surface area contributed by atoms with Gasteiger partial charge in [0, 0.05) is 13.2 Å². The van der Waals surface area contributed by atoms with Gasteiger partial charge in [-0.05, 0) is 32.1 Å². The summed E-state index contributed by atoms with van der Waals surface area (Å²) in [5.41, 5.74) is 0. The SMILES string of the molecule is CC(C)COC(C)C(=O)NC1CCCCNC1=O. The molecule has 0 saturated carbocycles. The third-order valence-corrected chi connectivity index (χ3v) is 2.90. The van der Waals surface area contributed by atoms with E-state index >= 15 is 0 Å². The first-order valence-electron chi connectivity index (χ1n) is 6.70. The van der Waals surface area contributed by atoms with Crippen LogP contribution in [-0.2, 0) is 14.3 Å². The van der Waals surface area contributed by atoms with Gasteiger partial charge in [0.1, 0.15) is 12.1 Å². The standard InChI is InChI=1S/C13H24N2O3/c1-9(2)8-18-10(3)12(16)15-11-6-4-5-7-14-13(11)17/h9-11H,4-8H2,1-3H3,(H,14,17)(H,15,16). The molecule has 0 aromatic carbocycles. The van der Waals surface area contributed by atoms with Gasteiger partial charge in [-0.15, -0.1) is 0 Å². The van der Waals surface area contributed by atoms with Crippen LogP contribution in [0.4, 0.5) is 0 Å². The van der Waals surface area contributed by atoms with Crippen molar-refractivity contribution < 1.29 is 14.3 Å². The minimum Gasteiger partial charge on any atom is -0.368 e. The van der Waals surface area contributed by atoms with Gasteiger partial charge >= 0.3 is 0 Å². The van der Waals surface area contributed by atoms with Crippen molar-refractivity contribution in [1.29, 1.82) is 0 Å². The van der Waals surface area contributed by atoms with Gasteiger partial charge in [0.05, 0.1) is 0 Å². The topological polar surface area (TPSA) is 67.4 Å². The Kier molecular flexibility index (Phi) is 6.12. The lowest BCUT2D eigenvalue weighted by Crippen LogP contribution is -2.48. The Bertz CT molecular complexity index is 292. The number of amides is 2. The van der Waals surface area contributed by atoms with Crippen molar-refractivity contribution >= 4 is 11.8 Å². The van der Waals surface area contributed by atoms with Crippen molar-refractivity contribution in [3.05, 3.63) is 0 Å². The summed E-state index contributed by atoms with van der Waals surface area (Å²) in [6.07, 6.45) is 2.11. The average Bonchev–Trinajstić information content (AvgIpc) is 2.51. The maximum atomic E-state index is 11.9. The summed E-state index contributed by atoms with van der Waals surface area (Å²) >= 11 is 0. The predicted molar refractivity (Wildman–Crippen MR) is 69.0 cm³/mol. The highest BCUT2D eigenvalue weighted by Gasteiger charge is 2.24. The van der Waals surface area contributed by atoms with E-state index in [9.17, 15) is 9.59 Å². The second-order valence-electron chi connectivity index (χ2n) is 5.22. The molecule has 18 heavy (non-hydrogen) atoms. The van der Waals surface area contributed by atoms with Gasteiger partial charge in [0.15, 0.2) is 0 Å². The van der Waals surface area contributed by atoms with Crippen molar-refractivity contribution in [1.82, 2.24) is 10.6 Å². The molecule has 1 rings (SSSR count). The minimum absolute atomic E-state index is 0.0862. The van der Waals surface area contributed by atoms with Gasteiger partial charge in [-0.1, -0.05) is 13.8 Å². The third-order valence-electron chi connectivity index (χ3n) is 2.90. The van der Waals surface area contributed by atoms with Crippen LogP contribution in [0.5, 0.6) is 0 Å². The summed E-state index contributed by atoms with van der Waals surface area (Å²) in [5, 5.41) is 5.55. The first-order valence-corrected chi connectivity index (χ1v) is 6.70. The summed E-state index contributed by atoms with van der Waals surface area (Å²) in [6, 6.07) is -0.412. The zero-order valence-electron chi connectivity index (χ0n) is 11.5. The zero-order valence-corrected chi connectivity index (χ0v) is 11.5. The van der Waals surface area contributed by atoms with E-state index in [2.05, 4.69) is 10.6 Å². The van der Waals surface area contributed by atoms with E-state index < -0.39 is 12.1 Å². The van der Waals surface area contributed by atoms with E-state index in [0.717, 1.165) is 12.8 Å². The van der Waals surface area contributed by atoms with Crippen LogP contribution in [-0.4, -0.2) is 37.1 Å². The molecule has 1 aliphatic rings. The Balaban J connectivity index is 2.39. The number of rotatable bonds is 5. The molecule has 5 heteroatoms. The summed E-state index contributed by atoms with van der Waals surface area (Å²) in [4.78, 5) is 23.5. The molecule has 0 radical (unpaired) electrons. The van der Waals surface area contributed by atoms with Crippen LogP contribution >= 0.6 is 0 Å². The van der Waals surface area contributed by atoms with Crippen LogP contribution in [0, 0.1) is 5.92 Å². The molecule has 104 valence electrons. The summed E-state index contributed by atoms with van der Waals surface area (Å²) in [6.45, 7) is 7.02. The van der Waals surface area contributed by atoms with E-state index in [0.29, 0.717) is 25.5 Å². The summed E-state index contributed by atoms with van der Waals surface area (Å²) < 4.78 is 5.43. The molecule has 5 nitrogen and oxygen atoms in total. The number of carbonyl (C=O) groups excluding carboxylic acids is 2. The predicted octanol–water partition coefficient (Wildman–Crippen LogP) is 0.832. The largest absolute Gasteiger partial charge is 0.368 e. The normalized spacial score (nSPS) is 22.2. The van der Waals surface area contributed by atoms with Crippen LogP contribution in [0.3, 0.4) is 0 Å². The van der Waals surface area contributed by atoms with Crippen molar-refractivity contribution in [3.8, 4) is 0 Å². The minimum atomic E-state index is -0.511. The van der Waals surface area contributed by atoms with Gasteiger partial charge < -0.3 is 15.4 Å². The molecule has 0 aromatic heterocycles. The van der Waals surface area contributed by atoms with Crippen LogP contribution in [0.25, 0.3) is 0 Å². The van der Waals surface area contributed by atoms with E-state index in [1.165, 1.54) is 0 Å². The van der Waals surface area contributed by atoms with E-state index in [1.54, 1.807) is 6.92 Å². The fourth-order valence-corrected chi connectivity index (χ4v) is 1.78. The Morgan fingerprint density at radius 2 is 2.17 bits per heavy atom. The van der Waals surface area contributed by atoms with Crippen molar-refractivity contribution in [2.75, 3.05) is 13.2 Å². The van der Waals surface area contributed by atoms with Gasteiger partial charge in [0.2, 0.25) is 11.8 Å². The van der Waals surface area contributed by atoms with Crippen LogP contribution in [0.1, 0.15) is 40.0 Å². The monoisotopic (exact) mass is 256 g/mol. The lowest BCUT2D eigenvalue weighted by molar-refractivity contribution is -0.136. The molecule has 1 fully saturated rings. The molecule has 2 atom stereocenters. The fraction of sp³-hybridized carbons (Fsp3) is 0.846. The molecule has 2 amide bonds. The number of hydrogen-bond donors (Lipinski definition) is 2. The second-order valence-corrected chi connectivity index (χ2v) is 5.22.